The van der Waals surface area contributed by atoms with E-state index in [4.69, 9.17) is 0 Å². The van der Waals surface area contributed by atoms with Crippen LogP contribution in [0.3, 0.4) is 0 Å². The fraction of sp³-hybridized carbons (Fsp3) is 0.529. The zero-order chi connectivity index (χ0) is 17.5. The number of fused-ring (bicyclic) bond motifs is 1. The minimum absolute atomic E-state index is 0.0527. The summed E-state index contributed by atoms with van der Waals surface area (Å²) in [6, 6.07) is 5.83. The number of benzene rings is 1. The summed E-state index contributed by atoms with van der Waals surface area (Å²) < 4.78 is 24.1. The minimum atomic E-state index is -3.03. The molecule has 0 N–H and O–H groups in total. The van der Waals surface area contributed by atoms with Crippen molar-refractivity contribution in [3.8, 4) is 0 Å². The first-order chi connectivity index (χ1) is 11.3. The Morgan fingerprint density at radius 2 is 2.08 bits per heavy atom. The summed E-state index contributed by atoms with van der Waals surface area (Å²) in [6.45, 7) is 6.01. The number of rotatable bonds is 3. The van der Waals surface area contributed by atoms with E-state index in [1.807, 2.05) is 43.9 Å². The van der Waals surface area contributed by atoms with Gasteiger partial charge in [0.1, 0.15) is 0 Å². The Labute approximate surface area is 147 Å². The maximum Gasteiger partial charge on any atom is 0.248 e. The number of amides is 1. The van der Waals surface area contributed by atoms with Gasteiger partial charge in [0.2, 0.25) is 5.91 Å². The molecular weight excluding hydrogens is 344 g/mol. The van der Waals surface area contributed by atoms with Gasteiger partial charge in [-0.05, 0) is 37.5 Å². The number of aliphatic imine (C=N–C) groups is 1. The van der Waals surface area contributed by atoms with Crippen LogP contribution in [-0.4, -0.2) is 42.3 Å². The summed E-state index contributed by atoms with van der Waals surface area (Å²) in [5.74, 6) is 0.141. The molecule has 0 radical (unpaired) electrons. The lowest BCUT2D eigenvalue weighted by Crippen LogP contribution is -2.38. The molecule has 24 heavy (non-hydrogen) atoms. The van der Waals surface area contributed by atoms with Crippen molar-refractivity contribution in [2.45, 2.75) is 44.9 Å². The molecule has 0 saturated carbocycles. The van der Waals surface area contributed by atoms with Crippen molar-refractivity contribution in [2.75, 3.05) is 16.4 Å². The number of carbonyl (C=O) groups excluding carboxylic acids is 1. The number of anilines is 1. The summed E-state index contributed by atoms with van der Waals surface area (Å²) in [4.78, 5) is 18.3. The third kappa shape index (κ3) is 3.24. The molecule has 0 bridgehead atoms. The Kier molecular flexibility index (Phi) is 4.75. The lowest BCUT2D eigenvalue weighted by molar-refractivity contribution is -0.117. The summed E-state index contributed by atoms with van der Waals surface area (Å²) in [6.07, 6.45) is 1.17. The Balaban J connectivity index is 2.05. The van der Waals surface area contributed by atoms with Crippen molar-refractivity contribution in [1.82, 2.24) is 0 Å². The van der Waals surface area contributed by atoms with Gasteiger partial charge >= 0.3 is 0 Å². The highest BCUT2D eigenvalue weighted by Crippen LogP contribution is 2.42. The van der Waals surface area contributed by atoms with Crippen LogP contribution in [0.25, 0.3) is 0 Å². The predicted molar refractivity (Wildman–Crippen MR) is 99.6 cm³/mol. The number of thioether (sulfide) groups is 1. The molecule has 0 spiro atoms. The van der Waals surface area contributed by atoms with Crippen LogP contribution in [-0.2, 0) is 14.6 Å². The maximum atomic E-state index is 12.1. The van der Waals surface area contributed by atoms with Crippen molar-refractivity contribution < 1.29 is 13.2 Å². The molecule has 1 aromatic rings. The van der Waals surface area contributed by atoms with Crippen LogP contribution in [0, 0.1) is 13.8 Å². The van der Waals surface area contributed by atoms with Gasteiger partial charge in [-0.25, -0.2) is 8.42 Å². The number of sulfone groups is 1. The van der Waals surface area contributed by atoms with Gasteiger partial charge in [-0.3, -0.25) is 4.79 Å². The molecule has 0 aromatic heterocycles. The predicted octanol–water partition coefficient (Wildman–Crippen LogP) is 2.70. The number of nitrogens with zero attached hydrogens (tertiary/aromatic N) is 2. The van der Waals surface area contributed by atoms with E-state index in [1.165, 1.54) is 11.8 Å². The first-order valence-electron chi connectivity index (χ1n) is 8.16. The second kappa shape index (κ2) is 6.52. The molecule has 2 aliphatic rings. The molecular formula is C17H22N2O3S2. The Bertz CT molecular complexity index is 802. The summed E-state index contributed by atoms with van der Waals surface area (Å²) in [5, 5.41) is 0.593. The van der Waals surface area contributed by atoms with E-state index in [-0.39, 0.29) is 28.7 Å². The van der Waals surface area contributed by atoms with Gasteiger partial charge in [0, 0.05) is 17.4 Å². The molecule has 0 unspecified atom stereocenters. The van der Waals surface area contributed by atoms with Crippen molar-refractivity contribution in [2.24, 2.45) is 4.99 Å². The summed E-state index contributed by atoms with van der Waals surface area (Å²) >= 11 is 1.43. The molecule has 2 heterocycles. The lowest BCUT2D eigenvalue weighted by atomic mass is 10.1. The van der Waals surface area contributed by atoms with E-state index in [1.54, 1.807) is 0 Å². The van der Waals surface area contributed by atoms with Crippen LogP contribution in [0.2, 0.25) is 0 Å². The van der Waals surface area contributed by atoms with Crippen molar-refractivity contribution in [1.29, 1.82) is 0 Å². The molecule has 3 rings (SSSR count). The third-order valence-corrected chi connectivity index (χ3v) is 7.80. The van der Waals surface area contributed by atoms with Crippen LogP contribution < -0.4 is 4.90 Å². The molecule has 7 heteroatoms. The number of aryl methyl sites for hydroxylation is 1. The van der Waals surface area contributed by atoms with E-state index in [2.05, 4.69) is 4.99 Å². The monoisotopic (exact) mass is 366 g/mol. The van der Waals surface area contributed by atoms with Gasteiger partial charge in [0.15, 0.2) is 15.0 Å². The average molecular weight is 367 g/mol. The first-order valence-corrected chi connectivity index (χ1v) is 10.9. The first kappa shape index (κ1) is 17.5. The van der Waals surface area contributed by atoms with Gasteiger partial charge < -0.3 is 4.90 Å². The van der Waals surface area contributed by atoms with Gasteiger partial charge in [-0.15, -0.1) is 0 Å². The average Bonchev–Trinajstić information content (AvgIpc) is 2.94. The quantitative estimate of drug-likeness (QED) is 0.823. The zero-order valence-corrected chi connectivity index (χ0v) is 15.8. The largest absolute Gasteiger partial charge is 0.315 e. The van der Waals surface area contributed by atoms with Crippen LogP contribution in [0.5, 0.6) is 0 Å². The second-order valence-electron chi connectivity index (χ2n) is 6.43. The van der Waals surface area contributed by atoms with E-state index < -0.39 is 9.84 Å². The molecule has 1 aromatic carbocycles. The normalized spacial score (nSPS) is 26.8. The molecule has 2 atom stereocenters. The molecule has 2 saturated heterocycles. The van der Waals surface area contributed by atoms with Gasteiger partial charge in [-0.1, -0.05) is 30.8 Å². The third-order valence-electron chi connectivity index (χ3n) is 4.59. The number of hydrogen-bond acceptors (Lipinski definition) is 4. The number of carbonyl (C=O) groups is 1. The van der Waals surface area contributed by atoms with E-state index in [0.29, 0.717) is 11.6 Å². The number of hydrogen-bond donors (Lipinski definition) is 0. The highest BCUT2D eigenvalue weighted by Gasteiger charge is 2.49. The fourth-order valence-electron chi connectivity index (χ4n) is 3.22. The molecule has 2 aliphatic heterocycles. The van der Waals surface area contributed by atoms with Crippen molar-refractivity contribution >= 4 is 38.4 Å². The minimum Gasteiger partial charge on any atom is -0.315 e. The summed E-state index contributed by atoms with van der Waals surface area (Å²) in [5.41, 5.74) is 3.19. The lowest BCUT2D eigenvalue weighted by Gasteiger charge is -2.26. The van der Waals surface area contributed by atoms with Crippen LogP contribution >= 0.6 is 11.8 Å². The van der Waals surface area contributed by atoms with Crippen LogP contribution in [0.1, 0.15) is 30.9 Å². The van der Waals surface area contributed by atoms with Gasteiger partial charge in [0.05, 0.1) is 17.5 Å². The van der Waals surface area contributed by atoms with Gasteiger partial charge in [0.25, 0.3) is 0 Å². The molecule has 1 amide bonds. The Morgan fingerprint density at radius 3 is 2.79 bits per heavy atom. The van der Waals surface area contributed by atoms with E-state index in [0.717, 1.165) is 23.2 Å². The van der Waals surface area contributed by atoms with Crippen LogP contribution in [0.4, 0.5) is 5.69 Å². The number of amidine groups is 1. The zero-order valence-electron chi connectivity index (χ0n) is 14.2. The van der Waals surface area contributed by atoms with Crippen molar-refractivity contribution in [3.05, 3.63) is 29.3 Å². The summed E-state index contributed by atoms with van der Waals surface area (Å²) in [7, 11) is -3.03. The van der Waals surface area contributed by atoms with Crippen LogP contribution in [0.15, 0.2) is 23.2 Å². The highest BCUT2D eigenvalue weighted by molar-refractivity contribution is 8.16. The molecule has 5 nitrogen and oxygen atoms in total. The smallest absolute Gasteiger partial charge is 0.248 e. The molecule has 130 valence electrons. The maximum absolute atomic E-state index is 12.1. The van der Waals surface area contributed by atoms with Crippen molar-refractivity contribution in [3.63, 3.8) is 0 Å². The SMILES string of the molecule is CCCC(=O)N=C1S[C@@H]2CS(=O)(=O)C[C@H]2N1c1cccc(C)c1C. The van der Waals surface area contributed by atoms with Gasteiger partial charge in [-0.2, -0.15) is 4.99 Å². The van der Waals surface area contributed by atoms with E-state index >= 15 is 0 Å². The Hall–Kier alpha value is -1.34. The standard InChI is InChI=1S/C17H22N2O3S2/c1-4-6-16(20)18-17-19(13-8-5-7-11(2)12(13)3)14-9-24(21,22)10-15(14)23-17/h5,7-8,14-15H,4,6,9-10H2,1-3H3/t14-,15-/m1/s1. The van der Waals surface area contributed by atoms with E-state index in [9.17, 15) is 13.2 Å². The molecule has 0 aliphatic carbocycles. The highest BCUT2D eigenvalue weighted by atomic mass is 32.2. The topological polar surface area (TPSA) is 66.8 Å². The molecule has 2 fully saturated rings. The Morgan fingerprint density at radius 1 is 1.33 bits per heavy atom. The fourth-order valence-corrected chi connectivity index (χ4v) is 7.14. The second-order valence-corrected chi connectivity index (χ2v) is 9.79.